The third kappa shape index (κ3) is 3.92. The van der Waals surface area contributed by atoms with Crippen molar-refractivity contribution in [1.82, 2.24) is 9.62 Å². The molecule has 1 aromatic rings. The number of likely N-dealkylation sites (N-methyl/N-ethyl adjacent to an activating group) is 1. The number of carbonyl (C=O) groups is 1. The molecule has 1 aromatic carbocycles. The number of nitrogens with zero attached hydrogens (tertiary/aromatic N) is 1. The van der Waals surface area contributed by atoms with E-state index in [4.69, 9.17) is 5.73 Å². The lowest BCUT2D eigenvalue weighted by Crippen LogP contribution is -2.39. The van der Waals surface area contributed by atoms with Crippen LogP contribution in [-0.4, -0.2) is 45.3 Å². The monoisotopic (exact) mass is 321 g/mol. The molecule has 0 bridgehead atoms. The molecule has 0 aliphatic heterocycles. The van der Waals surface area contributed by atoms with Crippen LogP contribution in [0.25, 0.3) is 0 Å². The highest BCUT2D eigenvalue weighted by atomic mass is 35.5. The van der Waals surface area contributed by atoms with Gasteiger partial charge in [-0.1, -0.05) is 0 Å². The topological polar surface area (TPSA) is 92.5 Å². The molecule has 6 nitrogen and oxygen atoms in total. The highest BCUT2D eigenvalue weighted by Gasteiger charge is 2.24. The van der Waals surface area contributed by atoms with E-state index in [1.165, 1.54) is 42.7 Å². The first-order valence-corrected chi connectivity index (χ1v) is 7.28. The third-order valence-electron chi connectivity index (χ3n) is 2.98. The van der Waals surface area contributed by atoms with Crippen LogP contribution in [0.4, 0.5) is 0 Å². The predicted molar refractivity (Wildman–Crippen MR) is 80.5 cm³/mol. The van der Waals surface area contributed by atoms with Crippen LogP contribution in [0.1, 0.15) is 17.3 Å². The Morgan fingerprint density at radius 1 is 1.35 bits per heavy atom. The number of halogens is 1. The first-order valence-electron chi connectivity index (χ1n) is 5.84. The standard InChI is InChI=1S/C12H19N3O3S.ClH/c1-9(8-13)15(3)19(17,18)11-6-4-10(5-7-11)12(16)14-2;/h4-7,9H,8,13H2,1-3H3,(H,14,16);1H. The molecule has 0 aliphatic carbocycles. The van der Waals surface area contributed by atoms with E-state index in [2.05, 4.69) is 5.32 Å². The van der Waals surface area contributed by atoms with Gasteiger partial charge in [0.25, 0.3) is 5.91 Å². The summed E-state index contributed by atoms with van der Waals surface area (Å²) in [6, 6.07) is 5.50. The van der Waals surface area contributed by atoms with Crippen LogP contribution in [0, 0.1) is 0 Å². The van der Waals surface area contributed by atoms with Crippen molar-refractivity contribution < 1.29 is 13.2 Å². The number of hydrogen-bond acceptors (Lipinski definition) is 4. The molecule has 1 amide bonds. The summed E-state index contributed by atoms with van der Waals surface area (Å²) in [5.41, 5.74) is 5.88. The van der Waals surface area contributed by atoms with Gasteiger partial charge in [-0.2, -0.15) is 4.31 Å². The molecule has 8 heteroatoms. The van der Waals surface area contributed by atoms with E-state index in [-0.39, 0.29) is 35.8 Å². The number of benzene rings is 1. The van der Waals surface area contributed by atoms with E-state index in [1.807, 2.05) is 0 Å². The van der Waals surface area contributed by atoms with Crippen LogP contribution in [0.15, 0.2) is 29.2 Å². The Morgan fingerprint density at radius 2 is 1.85 bits per heavy atom. The second-order valence-electron chi connectivity index (χ2n) is 4.21. The number of rotatable bonds is 5. The van der Waals surface area contributed by atoms with E-state index in [1.54, 1.807) is 6.92 Å². The average molecular weight is 322 g/mol. The number of amides is 1. The first-order chi connectivity index (χ1) is 8.84. The van der Waals surface area contributed by atoms with Crippen molar-refractivity contribution in [3.63, 3.8) is 0 Å². The molecule has 1 rings (SSSR count). The Morgan fingerprint density at radius 3 is 2.25 bits per heavy atom. The number of carbonyl (C=O) groups excluding carboxylic acids is 1. The lowest BCUT2D eigenvalue weighted by atomic mass is 10.2. The van der Waals surface area contributed by atoms with Gasteiger partial charge in [-0.05, 0) is 31.2 Å². The fourth-order valence-corrected chi connectivity index (χ4v) is 2.85. The van der Waals surface area contributed by atoms with Crippen LogP contribution in [0.3, 0.4) is 0 Å². The van der Waals surface area contributed by atoms with Gasteiger partial charge in [0.2, 0.25) is 10.0 Å². The summed E-state index contributed by atoms with van der Waals surface area (Å²) >= 11 is 0. The van der Waals surface area contributed by atoms with Crippen LogP contribution >= 0.6 is 12.4 Å². The van der Waals surface area contributed by atoms with Crippen molar-refractivity contribution in [2.75, 3.05) is 20.6 Å². The van der Waals surface area contributed by atoms with Crippen LogP contribution in [0.5, 0.6) is 0 Å². The minimum Gasteiger partial charge on any atom is -0.355 e. The van der Waals surface area contributed by atoms with Gasteiger partial charge in [0.05, 0.1) is 4.90 Å². The number of nitrogens with one attached hydrogen (secondary N) is 1. The number of sulfonamides is 1. The molecule has 0 saturated heterocycles. The minimum absolute atomic E-state index is 0. The van der Waals surface area contributed by atoms with Crippen molar-refractivity contribution in [1.29, 1.82) is 0 Å². The average Bonchev–Trinajstić information content (AvgIpc) is 2.44. The van der Waals surface area contributed by atoms with Gasteiger partial charge in [0.1, 0.15) is 0 Å². The Kier molecular flexibility index (Phi) is 7.15. The van der Waals surface area contributed by atoms with E-state index >= 15 is 0 Å². The van der Waals surface area contributed by atoms with Crippen molar-refractivity contribution in [2.24, 2.45) is 5.73 Å². The molecule has 0 radical (unpaired) electrons. The normalized spacial score (nSPS) is 12.7. The van der Waals surface area contributed by atoms with Gasteiger partial charge < -0.3 is 11.1 Å². The van der Waals surface area contributed by atoms with Crippen LogP contribution < -0.4 is 11.1 Å². The third-order valence-corrected chi connectivity index (χ3v) is 4.97. The number of nitrogens with two attached hydrogens (primary N) is 1. The molecule has 1 atom stereocenters. The Hall–Kier alpha value is -1.15. The van der Waals surface area contributed by atoms with E-state index in [0.29, 0.717) is 5.56 Å². The zero-order chi connectivity index (χ0) is 14.6. The lowest BCUT2D eigenvalue weighted by Gasteiger charge is -2.23. The quantitative estimate of drug-likeness (QED) is 0.823. The maximum Gasteiger partial charge on any atom is 0.251 e. The van der Waals surface area contributed by atoms with Crippen molar-refractivity contribution in [3.8, 4) is 0 Å². The van der Waals surface area contributed by atoms with Gasteiger partial charge in [-0.15, -0.1) is 12.4 Å². The molecule has 1 unspecified atom stereocenters. The largest absolute Gasteiger partial charge is 0.355 e. The fourth-order valence-electron chi connectivity index (χ4n) is 1.47. The second kappa shape index (κ2) is 7.58. The molecule has 0 fully saturated rings. The molecule has 114 valence electrons. The molecule has 20 heavy (non-hydrogen) atoms. The maximum atomic E-state index is 12.3. The molecule has 0 aromatic heterocycles. The van der Waals surface area contributed by atoms with Gasteiger partial charge in [0, 0.05) is 32.2 Å². The summed E-state index contributed by atoms with van der Waals surface area (Å²) in [6.45, 7) is 1.97. The molecular formula is C12H20ClN3O3S. The highest BCUT2D eigenvalue weighted by molar-refractivity contribution is 7.89. The van der Waals surface area contributed by atoms with Crippen molar-refractivity contribution >= 4 is 28.3 Å². The molecule has 0 spiro atoms. The van der Waals surface area contributed by atoms with Crippen LogP contribution in [-0.2, 0) is 10.0 Å². The van der Waals surface area contributed by atoms with Gasteiger partial charge in [-0.3, -0.25) is 4.79 Å². The maximum absolute atomic E-state index is 12.3. The first kappa shape index (κ1) is 18.9. The van der Waals surface area contributed by atoms with Gasteiger partial charge in [0.15, 0.2) is 0 Å². The van der Waals surface area contributed by atoms with E-state index < -0.39 is 10.0 Å². The smallest absolute Gasteiger partial charge is 0.251 e. The SMILES string of the molecule is CNC(=O)c1ccc(S(=O)(=O)N(C)C(C)CN)cc1.Cl. The summed E-state index contributed by atoms with van der Waals surface area (Å²) < 4.78 is 25.7. The zero-order valence-electron chi connectivity index (χ0n) is 11.7. The summed E-state index contributed by atoms with van der Waals surface area (Å²) in [6.07, 6.45) is 0. The van der Waals surface area contributed by atoms with E-state index in [0.717, 1.165) is 0 Å². The van der Waals surface area contributed by atoms with Crippen molar-refractivity contribution in [3.05, 3.63) is 29.8 Å². The second-order valence-corrected chi connectivity index (χ2v) is 6.21. The summed E-state index contributed by atoms with van der Waals surface area (Å²) in [5, 5.41) is 2.47. The Bertz CT molecular complexity index is 546. The predicted octanol–water partition coefficient (Wildman–Crippen LogP) is 0.436. The lowest BCUT2D eigenvalue weighted by molar-refractivity contribution is 0.0963. The highest BCUT2D eigenvalue weighted by Crippen LogP contribution is 2.17. The summed E-state index contributed by atoms with van der Waals surface area (Å²) in [5.74, 6) is -0.257. The van der Waals surface area contributed by atoms with Gasteiger partial charge >= 0.3 is 0 Å². The van der Waals surface area contributed by atoms with Crippen LogP contribution in [0.2, 0.25) is 0 Å². The molecular weight excluding hydrogens is 302 g/mol. The Balaban J connectivity index is 0.00000361. The van der Waals surface area contributed by atoms with Gasteiger partial charge in [-0.25, -0.2) is 8.42 Å². The summed E-state index contributed by atoms with van der Waals surface area (Å²) in [7, 11) is -0.575. The number of hydrogen-bond donors (Lipinski definition) is 2. The summed E-state index contributed by atoms with van der Waals surface area (Å²) in [4.78, 5) is 11.5. The molecule has 3 N–H and O–H groups in total. The van der Waals surface area contributed by atoms with E-state index in [9.17, 15) is 13.2 Å². The fraction of sp³-hybridized carbons (Fsp3) is 0.417. The zero-order valence-corrected chi connectivity index (χ0v) is 13.3. The molecule has 0 aliphatic rings. The molecule has 0 heterocycles. The Labute approximate surface area is 125 Å². The molecule has 0 saturated carbocycles. The minimum atomic E-state index is -3.58. The van der Waals surface area contributed by atoms with Crippen molar-refractivity contribution in [2.45, 2.75) is 17.9 Å².